The molecule has 9 nitrogen and oxygen atoms in total. The maximum Gasteiger partial charge on any atom is 0.355 e. The third kappa shape index (κ3) is 4.64. The van der Waals surface area contributed by atoms with Gasteiger partial charge in [-0.15, -0.1) is 0 Å². The molecule has 0 atom stereocenters. The van der Waals surface area contributed by atoms with Crippen LogP contribution in [0.5, 0.6) is 0 Å². The zero-order chi connectivity index (χ0) is 20.8. The Morgan fingerprint density at radius 1 is 0.900 bits per heavy atom. The van der Waals surface area contributed by atoms with Crippen LogP contribution in [0, 0.1) is 10.1 Å². The van der Waals surface area contributed by atoms with E-state index < -0.39 is 4.92 Å². The Hall–Kier alpha value is -3.72. The molecule has 0 unspecified atom stereocenters. The molecular formula is C21H23N7O2. The number of para-hydroxylation sites is 1. The largest absolute Gasteiger partial charge is 0.355 e. The molecule has 30 heavy (non-hydrogen) atoms. The normalized spacial score (nSPS) is 14.3. The van der Waals surface area contributed by atoms with Crippen LogP contribution in [0.2, 0.25) is 0 Å². The Morgan fingerprint density at radius 2 is 1.57 bits per heavy atom. The van der Waals surface area contributed by atoms with Crippen LogP contribution in [0.3, 0.4) is 0 Å². The highest BCUT2D eigenvalue weighted by molar-refractivity contribution is 5.71. The molecule has 1 fully saturated rings. The van der Waals surface area contributed by atoms with Crippen LogP contribution in [0.1, 0.15) is 5.56 Å². The monoisotopic (exact) mass is 405 g/mol. The Balaban J connectivity index is 1.45. The Kier molecular flexibility index (Phi) is 6.00. The van der Waals surface area contributed by atoms with Gasteiger partial charge in [-0.3, -0.25) is 25.9 Å². The molecule has 0 amide bonds. The van der Waals surface area contributed by atoms with Gasteiger partial charge in [0.2, 0.25) is 11.6 Å². The maximum atomic E-state index is 11.8. The van der Waals surface area contributed by atoms with E-state index in [0.717, 1.165) is 25.3 Å². The van der Waals surface area contributed by atoms with E-state index in [-0.39, 0.29) is 11.5 Å². The lowest BCUT2D eigenvalue weighted by Crippen LogP contribution is -2.46. The topological polar surface area (TPSA) is 99.5 Å². The van der Waals surface area contributed by atoms with Crippen LogP contribution in [-0.4, -0.2) is 46.0 Å². The van der Waals surface area contributed by atoms with E-state index in [4.69, 9.17) is 0 Å². The average Bonchev–Trinajstić information content (AvgIpc) is 2.79. The number of nitrogens with one attached hydrogen (secondary N) is 2. The summed E-state index contributed by atoms with van der Waals surface area (Å²) < 4.78 is 0. The van der Waals surface area contributed by atoms with E-state index in [1.807, 2.05) is 53.4 Å². The number of rotatable bonds is 7. The van der Waals surface area contributed by atoms with Gasteiger partial charge in [0.05, 0.1) is 10.6 Å². The van der Waals surface area contributed by atoms with Crippen LogP contribution in [0.25, 0.3) is 0 Å². The predicted molar refractivity (Wildman–Crippen MR) is 116 cm³/mol. The molecule has 1 aromatic heterocycles. The van der Waals surface area contributed by atoms with Gasteiger partial charge in [0.25, 0.3) is 0 Å². The van der Waals surface area contributed by atoms with Crippen LogP contribution in [0.4, 0.5) is 23.0 Å². The molecule has 2 N–H and O–H groups in total. The third-order valence-electron chi connectivity index (χ3n) is 5.01. The minimum absolute atomic E-state index is 0.127. The van der Waals surface area contributed by atoms with Crippen LogP contribution >= 0.6 is 0 Å². The quantitative estimate of drug-likeness (QED) is 0.457. The fraction of sp³-hybridized carbons (Fsp3) is 0.238. The van der Waals surface area contributed by atoms with Crippen LogP contribution in [0.15, 0.2) is 67.0 Å². The first-order valence-corrected chi connectivity index (χ1v) is 9.78. The molecule has 9 heteroatoms. The number of nitro groups is 1. The summed E-state index contributed by atoms with van der Waals surface area (Å²) in [4.78, 5) is 24.0. The molecule has 154 valence electrons. The molecule has 0 spiro atoms. The second-order valence-corrected chi connectivity index (χ2v) is 7.02. The standard InChI is InChI=1S/C21H23N7O2/c29-28(30)19-20(25-24-18-9-5-2-6-10-18)22-16-23-21(19)27-13-11-26(12-14-27)15-17-7-3-1-4-8-17/h1-10,16,24H,11-15H2,(H,22,23,25). The molecule has 0 radical (unpaired) electrons. The lowest BCUT2D eigenvalue weighted by molar-refractivity contribution is -0.383. The number of hydrogen-bond donors (Lipinski definition) is 2. The lowest BCUT2D eigenvalue weighted by Gasteiger charge is -2.35. The highest BCUT2D eigenvalue weighted by Crippen LogP contribution is 2.32. The first-order valence-electron chi connectivity index (χ1n) is 9.78. The second-order valence-electron chi connectivity index (χ2n) is 7.02. The van der Waals surface area contributed by atoms with E-state index in [2.05, 4.69) is 37.9 Å². The molecule has 0 bridgehead atoms. The number of anilines is 3. The second kappa shape index (κ2) is 9.19. The molecule has 4 rings (SSSR count). The highest BCUT2D eigenvalue weighted by Gasteiger charge is 2.29. The van der Waals surface area contributed by atoms with Crippen molar-refractivity contribution in [1.82, 2.24) is 14.9 Å². The van der Waals surface area contributed by atoms with Crippen molar-refractivity contribution >= 4 is 23.0 Å². The number of aromatic nitrogens is 2. The van der Waals surface area contributed by atoms with Gasteiger partial charge in [-0.25, -0.2) is 9.97 Å². The molecule has 0 aliphatic carbocycles. The van der Waals surface area contributed by atoms with Crippen molar-refractivity contribution in [2.45, 2.75) is 6.54 Å². The maximum absolute atomic E-state index is 11.8. The van der Waals surface area contributed by atoms with Crippen LogP contribution in [-0.2, 0) is 6.54 Å². The molecule has 2 heterocycles. The van der Waals surface area contributed by atoms with Crippen molar-refractivity contribution in [2.75, 3.05) is 41.9 Å². The molecule has 1 aliphatic heterocycles. The average molecular weight is 405 g/mol. The Morgan fingerprint density at radius 3 is 2.23 bits per heavy atom. The van der Waals surface area contributed by atoms with E-state index in [0.29, 0.717) is 18.9 Å². The van der Waals surface area contributed by atoms with E-state index >= 15 is 0 Å². The number of benzene rings is 2. The van der Waals surface area contributed by atoms with Crippen molar-refractivity contribution in [1.29, 1.82) is 0 Å². The number of piperazine rings is 1. The molecule has 0 saturated carbocycles. The van der Waals surface area contributed by atoms with Gasteiger partial charge in [-0.2, -0.15) is 0 Å². The van der Waals surface area contributed by atoms with E-state index in [1.54, 1.807) is 0 Å². The van der Waals surface area contributed by atoms with Gasteiger partial charge in [0.15, 0.2) is 0 Å². The lowest BCUT2D eigenvalue weighted by atomic mass is 10.2. The van der Waals surface area contributed by atoms with Gasteiger partial charge in [0, 0.05) is 32.7 Å². The highest BCUT2D eigenvalue weighted by atomic mass is 16.6. The van der Waals surface area contributed by atoms with Gasteiger partial charge >= 0.3 is 5.69 Å². The third-order valence-corrected chi connectivity index (χ3v) is 5.01. The summed E-state index contributed by atoms with van der Waals surface area (Å²) in [6.45, 7) is 3.81. The molecule has 3 aromatic rings. The summed E-state index contributed by atoms with van der Waals surface area (Å²) in [5, 5.41) is 11.8. The Bertz CT molecular complexity index is 977. The molecule has 1 saturated heterocycles. The fourth-order valence-electron chi connectivity index (χ4n) is 3.47. The molecular weight excluding hydrogens is 382 g/mol. The summed E-state index contributed by atoms with van der Waals surface area (Å²) in [5.74, 6) is 0.479. The van der Waals surface area contributed by atoms with Crippen molar-refractivity contribution in [2.24, 2.45) is 0 Å². The van der Waals surface area contributed by atoms with Gasteiger partial charge in [-0.1, -0.05) is 48.5 Å². The van der Waals surface area contributed by atoms with Crippen molar-refractivity contribution in [3.05, 3.63) is 82.7 Å². The summed E-state index contributed by atoms with van der Waals surface area (Å²) in [7, 11) is 0. The molecule has 1 aliphatic rings. The first kappa shape index (κ1) is 19.6. The van der Waals surface area contributed by atoms with E-state index in [1.165, 1.54) is 11.9 Å². The first-order chi connectivity index (χ1) is 14.7. The zero-order valence-electron chi connectivity index (χ0n) is 16.4. The smallest absolute Gasteiger partial charge is 0.348 e. The number of hydrogen-bond acceptors (Lipinski definition) is 8. The number of hydrazine groups is 1. The summed E-state index contributed by atoms with van der Waals surface area (Å²) in [6, 6.07) is 19.7. The van der Waals surface area contributed by atoms with Crippen molar-refractivity contribution < 1.29 is 4.92 Å². The summed E-state index contributed by atoms with van der Waals surface area (Å²) in [5.41, 5.74) is 7.71. The minimum atomic E-state index is -0.430. The van der Waals surface area contributed by atoms with Gasteiger partial charge < -0.3 is 4.90 Å². The van der Waals surface area contributed by atoms with Crippen molar-refractivity contribution in [3.8, 4) is 0 Å². The van der Waals surface area contributed by atoms with Gasteiger partial charge in [0.1, 0.15) is 6.33 Å². The predicted octanol–water partition coefficient (Wildman–Crippen LogP) is 3.15. The fourth-order valence-corrected chi connectivity index (χ4v) is 3.47. The molecule has 2 aromatic carbocycles. The van der Waals surface area contributed by atoms with E-state index in [9.17, 15) is 10.1 Å². The Labute approximate surface area is 174 Å². The van der Waals surface area contributed by atoms with Gasteiger partial charge in [-0.05, 0) is 17.7 Å². The SMILES string of the molecule is O=[N+]([O-])c1c(NNc2ccccc2)ncnc1N1CCN(Cc2ccccc2)CC1. The summed E-state index contributed by atoms with van der Waals surface area (Å²) in [6.07, 6.45) is 1.35. The zero-order valence-corrected chi connectivity index (χ0v) is 16.4. The minimum Gasteiger partial charge on any atom is -0.348 e. The van der Waals surface area contributed by atoms with Crippen LogP contribution < -0.4 is 15.8 Å². The number of nitrogens with zero attached hydrogens (tertiary/aromatic N) is 5. The van der Waals surface area contributed by atoms with Crippen molar-refractivity contribution in [3.63, 3.8) is 0 Å². The summed E-state index contributed by atoms with van der Waals surface area (Å²) >= 11 is 0.